The fourth-order valence-corrected chi connectivity index (χ4v) is 1.37. The summed E-state index contributed by atoms with van der Waals surface area (Å²) in [5, 5.41) is 9.88. The number of rotatable bonds is 3. The summed E-state index contributed by atoms with van der Waals surface area (Å²) < 4.78 is 5.46. The van der Waals surface area contributed by atoms with Gasteiger partial charge in [0, 0.05) is 10.6 Å². The molecule has 0 aliphatic carbocycles. The number of nitrogens with two attached hydrogens (primary N) is 1. The minimum Gasteiger partial charge on any atom is -0.472 e. The van der Waals surface area contributed by atoms with Crippen molar-refractivity contribution in [2.24, 2.45) is 5.73 Å². The number of aliphatic hydroxyl groups is 1. The molecule has 84 valence electrons. The molecule has 2 atom stereocenters. The predicted octanol–water partition coefficient (Wildman–Crippen LogP) is 2.00. The number of halogens is 1. The first kappa shape index (κ1) is 12.3. The summed E-state index contributed by atoms with van der Waals surface area (Å²) in [7, 11) is 0. The van der Waals surface area contributed by atoms with Crippen molar-refractivity contribution in [1.82, 2.24) is 0 Å². The Morgan fingerprint density at radius 1 is 1.40 bits per heavy atom. The molecular weight excluding hydrogens is 214 g/mol. The Hall–Kier alpha value is -0.770. The first-order chi connectivity index (χ1) is 6.93. The van der Waals surface area contributed by atoms with E-state index >= 15 is 0 Å². The van der Waals surface area contributed by atoms with E-state index in [0.29, 0.717) is 10.8 Å². The molecule has 2 unspecified atom stereocenters. The van der Waals surface area contributed by atoms with Gasteiger partial charge in [0.2, 0.25) is 0 Å². The molecule has 1 aromatic carbocycles. The third kappa shape index (κ3) is 2.84. The normalized spacial score (nSPS) is 14.8. The zero-order chi connectivity index (χ0) is 11.6. The number of aryl methyl sites for hydroxylation is 1. The van der Waals surface area contributed by atoms with Crippen LogP contribution in [0.5, 0.6) is 5.75 Å². The van der Waals surface area contributed by atoms with Crippen LogP contribution in [0.3, 0.4) is 0 Å². The largest absolute Gasteiger partial charge is 0.472 e. The van der Waals surface area contributed by atoms with Gasteiger partial charge in [-0.3, -0.25) is 5.73 Å². The van der Waals surface area contributed by atoms with E-state index < -0.39 is 12.3 Å². The lowest BCUT2D eigenvalue weighted by Crippen LogP contribution is -2.38. The van der Waals surface area contributed by atoms with Crippen LogP contribution in [0.2, 0.25) is 5.02 Å². The molecule has 4 heteroatoms. The van der Waals surface area contributed by atoms with Crippen LogP contribution < -0.4 is 10.5 Å². The van der Waals surface area contributed by atoms with Crippen LogP contribution in [0.4, 0.5) is 0 Å². The summed E-state index contributed by atoms with van der Waals surface area (Å²) in [6, 6.07) is 3.67. The number of hydrogen-bond donors (Lipinski definition) is 2. The molecule has 0 radical (unpaired) electrons. The molecule has 0 aliphatic heterocycles. The third-order valence-corrected chi connectivity index (χ3v) is 2.68. The van der Waals surface area contributed by atoms with Crippen LogP contribution in [0.15, 0.2) is 12.1 Å². The maximum Gasteiger partial charge on any atom is 0.173 e. The number of benzene rings is 1. The van der Waals surface area contributed by atoms with Crippen molar-refractivity contribution < 1.29 is 9.84 Å². The topological polar surface area (TPSA) is 55.5 Å². The predicted molar refractivity (Wildman–Crippen MR) is 61.2 cm³/mol. The maximum atomic E-state index is 9.25. The molecule has 0 amide bonds. The fraction of sp³-hybridized carbons (Fsp3) is 0.455. The van der Waals surface area contributed by atoms with Crippen LogP contribution in [-0.2, 0) is 0 Å². The SMILES string of the molecule is Cc1ccc(Cl)c(C)c1OC(N)C(C)O. The first-order valence-corrected chi connectivity index (χ1v) is 5.17. The average molecular weight is 230 g/mol. The van der Waals surface area contributed by atoms with Crippen molar-refractivity contribution in [3.05, 3.63) is 28.3 Å². The molecule has 0 spiro atoms. The van der Waals surface area contributed by atoms with E-state index in [2.05, 4.69) is 0 Å². The van der Waals surface area contributed by atoms with Crippen molar-refractivity contribution >= 4 is 11.6 Å². The lowest BCUT2D eigenvalue weighted by molar-refractivity contribution is 0.0520. The Balaban J connectivity index is 2.98. The number of ether oxygens (including phenoxy) is 1. The second kappa shape index (κ2) is 4.84. The van der Waals surface area contributed by atoms with Crippen LogP contribution in [0, 0.1) is 13.8 Å². The number of aliphatic hydroxyl groups excluding tert-OH is 1. The van der Waals surface area contributed by atoms with E-state index in [1.807, 2.05) is 26.0 Å². The Morgan fingerprint density at radius 2 is 2.00 bits per heavy atom. The molecule has 1 rings (SSSR count). The Morgan fingerprint density at radius 3 is 2.53 bits per heavy atom. The van der Waals surface area contributed by atoms with Crippen molar-refractivity contribution in [1.29, 1.82) is 0 Å². The van der Waals surface area contributed by atoms with Gasteiger partial charge in [-0.25, -0.2) is 0 Å². The minimum atomic E-state index is -0.735. The molecule has 0 fully saturated rings. The summed E-state index contributed by atoms with van der Waals surface area (Å²) >= 11 is 5.97. The highest BCUT2D eigenvalue weighted by Crippen LogP contribution is 2.29. The standard InChI is InChI=1S/C11H16ClNO2/c1-6-4-5-9(12)7(2)10(6)15-11(13)8(3)14/h4-5,8,11,14H,13H2,1-3H3. The quantitative estimate of drug-likeness (QED) is 0.780. The van der Waals surface area contributed by atoms with E-state index in [1.165, 1.54) is 0 Å². The van der Waals surface area contributed by atoms with Gasteiger partial charge in [0.25, 0.3) is 0 Å². The molecule has 1 aromatic rings. The van der Waals surface area contributed by atoms with Crippen LogP contribution in [0.1, 0.15) is 18.1 Å². The molecule has 3 nitrogen and oxygen atoms in total. The van der Waals surface area contributed by atoms with Gasteiger partial charge in [-0.05, 0) is 32.4 Å². The molecule has 0 saturated heterocycles. The van der Waals surface area contributed by atoms with E-state index in [0.717, 1.165) is 11.1 Å². The third-order valence-electron chi connectivity index (χ3n) is 2.27. The first-order valence-electron chi connectivity index (χ1n) is 4.79. The van der Waals surface area contributed by atoms with Gasteiger partial charge in [0.05, 0.1) is 0 Å². The summed E-state index contributed by atoms with van der Waals surface area (Å²) in [5.41, 5.74) is 7.41. The van der Waals surface area contributed by atoms with Crippen molar-refractivity contribution in [2.45, 2.75) is 33.1 Å². The summed E-state index contributed by atoms with van der Waals surface area (Å²) in [6.45, 7) is 5.35. The summed E-state index contributed by atoms with van der Waals surface area (Å²) in [6.07, 6.45) is -1.45. The van der Waals surface area contributed by atoms with Gasteiger partial charge in [0.15, 0.2) is 6.23 Å². The lowest BCUT2D eigenvalue weighted by atomic mass is 10.1. The molecule has 0 saturated carbocycles. The molecule has 15 heavy (non-hydrogen) atoms. The maximum absolute atomic E-state index is 9.25. The lowest BCUT2D eigenvalue weighted by Gasteiger charge is -2.20. The molecular formula is C11H16ClNO2. The van der Waals surface area contributed by atoms with Gasteiger partial charge < -0.3 is 9.84 Å². The van der Waals surface area contributed by atoms with Crippen LogP contribution in [-0.4, -0.2) is 17.4 Å². The van der Waals surface area contributed by atoms with E-state index in [9.17, 15) is 5.11 Å². The van der Waals surface area contributed by atoms with Crippen molar-refractivity contribution in [3.63, 3.8) is 0 Å². The van der Waals surface area contributed by atoms with Crippen LogP contribution >= 0.6 is 11.6 Å². The summed E-state index contributed by atoms with van der Waals surface area (Å²) in [5.74, 6) is 0.649. The molecule has 3 N–H and O–H groups in total. The molecule has 0 aliphatic rings. The van der Waals surface area contributed by atoms with E-state index in [-0.39, 0.29) is 0 Å². The molecule has 0 aromatic heterocycles. The highest BCUT2D eigenvalue weighted by atomic mass is 35.5. The van der Waals surface area contributed by atoms with Crippen LogP contribution in [0.25, 0.3) is 0 Å². The second-order valence-corrected chi connectivity index (χ2v) is 4.05. The minimum absolute atomic E-state index is 0.633. The zero-order valence-electron chi connectivity index (χ0n) is 9.12. The molecule has 0 heterocycles. The van der Waals surface area contributed by atoms with Gasteiger partial charge >= 0.3 is 0 Å². The van der Waals surface area contributed by atoms with E-state index in [1.54, 1.807) is 6.92 Å². The zero-order valence-corrected chi connectivity index (χ0v) is 9.88. The van der Waals surface area contributed by atoms with Crippen molar-refractivity contribution in [3.8, 4) is 5.75 Å². The monoisotopic (exact) mass is 229 g/mol. The van der Waals surface area contributed by atoms with Gasteiger partial charge in [-0.1, -0.05) is 17.7 Å². The van der Waals surface area contributed by atoms with Gasteiger partial charge in [0.1, 0.15) is 11.9 Å². The highest BCUT2D eigenvalue weighted by molar-refractivity contribution is 6.31. The van der Waals surface area contributed by atoms with Gasteiger partial charge in [-0.2, -0.15) is 0 Å². The second-order valence-electron chi connectivity index (χ2n) is 3.64. The smallest absolute Gasteiger partial charge is 0.173 e. The average Bonchev–Trinajstić information content (AvgIpc) is 2.18. The fourth-order valence-electron chi connectivity index (χ4n) is 1.22. The summed E-state index contributed by atoms with van der Waals surface area (Å²) in [4.78, 5) is 0. The van der Waals surface area contributed by atoms with Gasteiger partial charge in [-0.15, -0.1) is 0 Å². The molecule has 0 bridgehead atoms. The number of hydrogen-bond acceptors (Lipinski definition) is 3. The Kier molecular flexibility index (Phi) is 3.97. The van der Waals surface area contributed by atoms with E-state index in [4.69, 9.17) is 22.1 Å². The Bertz CT molecular complexity index is 353. The Labute approximate surface area is 94.8 Å². The highest BCUT2D eigenvalue weighted by Gasteiger charge is 2.15. The van der Waals surface area contributed by atoms with Crippen molar-refractivity contribution in [2.75, 3.05) is 0 Å².